The minimum absolute atomic E-state index is 0.443. The van der Waals surface area contributed by atoms with Gasteiger partial charge in [-0.25, -0.2) is 9.98 Å². The molecule has 1 aromatic carbocycles. The molecule has 0 saturated carbocycles. The van der Waals surface area contributed by atoms with Crippen LogP contribution in [0.1, 0.15) is 24.8 Å². The molecule has 0 radical (unpaired) electrons. The number of aryl methyl sites for hydroxylation is 1. The van der Waals surface area contributed by atoms with Crippen LogP contribution in [-0.2, 0) is 11.3 Å². The molecule has 162 valence electrons. The molecular formula is C23H33N5O2. The summed E-state index contributed by atoms with van der Waals surface area (Å²) in [5.74, 6) is 3.07. The second kappa shape index (κ2) is 10.1. The van der Waals surface area contributed by atoms with E-state index in [-0.39, 0.29) is 0 Å². The predicted octanol–water partition coefficient (Wildman–Crippen LogP) is 2.77. The molecule has 1 unspecified atom stereocenters. The molecule has 1 atom stereocenters. The van der Waals surface area contributed by atoms with Gasteiger partial charge in [-0.15, -0.1) is 0 Å². The van der Waals surface area contributed by atoms with Gasteiger partial charge in [0.15, 0.2) is 11.7 Å². The number of nitrogens with zero attached hydrogens (tertiary/aromatic N) is 4. The summed E-state index contributed by atoms with van der Waals surface area (Å²) in [7, 11) is 0. The van der Waals surface area contributed by atoms with Gasteiger partial charge in [0.25, 0.3) is 0 Å². The van der Waals surface area contributed by atoms with Crippen molar-refractivity contribution in [3.8, 4) is 11.3 Å². The van der Waals surface area contributed by atoms with Crippen molar-refractivity contribution in [2.75, 3.05) is 52.5 Å². The van der Waals surface area contributed by atoms with Crippen LogP contribution in [0, 0.1) is 12.8 Å². The molecule has 30 heavy (non-hydrogen) atoms. The van der Waals surface area contributed by atoms with E-state index in [0.29, 0.717) is 18.4 Å². The molecule has 4 rings (SSSR count). The van der Waals surface area contributed by atoms with E-state index in [0.717, 1.165) is 69.8 Å². The van der Waals surface area contributed by atoms with Crippen molar-refractivity contribution < 1.29 is 9.15 Å². The van der Waals surface area contributed by atoms with Crippen molar-refractivity contribution >= 4 is 5.96 Å². The van der Waals surface area contributed by atoms with Gasteiger partial charge in [-0.1, -0.05) is 29.8 Å². The third-order valence-corrected chi connectivity index (χ3v) is 5.79. The molecule has 2 aliphatic rings. The Morgan fingerprint density at radius 3 is 2.77 bits per heavy atom. The lowest BCUT2D eigenvalue weighted by molar-refractivity contribution is 0.0315. The maximum absolute atomic E-state index is 5.94. The number of rotatable bonds is 6. The average molecular weight is 412 g/mol. The summed E-state index contributed by atoms with van der Waals surface area (Å²) in [6, 6.07) is 8.29. The second-order valence-electron chi connectivity index (χ2n) is 8.17. The van der Waals surface area contributed by atoms with Crippen molar-refractivity contribution in [3.05, 3.63) is 41.9 Å². The van der Waals surface area contributed by atoms with E-state index in [1.807, 2.05) is 0 Å². The molecule has 2 aliphatic heterocycles. The van der Waals surface area contributed by atoms with Crippen LogP contribution in [0.3, 0.4) is 0 Å². The Balaban J connectivity index is 1.35. The van der Waals surface area contributed by atoms with Crippen molar-refractivity contribution in [1.29, 1.82) is 0 Å². The SMILES string of the molecule is CCNC(=NCc1ncc(-c2ccc(C)cc2)o1)N1CCC(CN2CCOCC2)C1. The van der Waals surface area contributed by atoms with Crippen LogP contribution < -0.4 is 5.32 Å². The van der Waals surface area contributed by atoms with Crippen LogP contribution in [0.4, 0.5) is 0 Å². The predicted molar refractivity (Wildman–Crippen MR) is 118 cm³/mol. The van der Waals surface area contributed by atoms with Gasteiger partial charge in [0.1, 0.15) is 6.54 Å². The van der Waals surface area contributed by atoms with E-state index in [1.54, 1.807) is 6.20 Å². The molecule has 7 nitrogen and oxygen atoms in total. The molecule has 2 saturated heterocycles. The van der Waals surface area contributed by atoms with Gasteiger partial charge >= 0.3 is 0 Å². The van der Waals surface area contributed by atoms with Gasteiger partial charge < -0.3 is 19.4 Å². The van der Waals surface area contributed by atoms with Crippen LogP contribution in [0.25, 0.3) is 11.3 Å². The summed E-state index contributed by atoms with van der Waals surface area (Å²) in [4.78, 5) is 14.1. The summed E-state index contributed by atoms with van der Waals surface area (Å²) in [6.45, 7) is 12.6. The Kier molecular flexibility index (Phi) is 7.02. The number of benzene rings is 1. The zero-order valence-corrected chi connectivity index (χ0v) is 18.1. The van der Waals surface area contributed by atoms with Crippen molar-refractivity contribution in [1.82, 2.24) is 20.1 Å². The molecule has 0 aliphatic carbocycles. The third-order valence-electron chi connectivity index (χ3n) is 5.79. The summed E-state index contributed by atoms with van der Waals surface area (Å²) in [6.07, 6.45) is 3.00. The molecule has 0 bridgehead atoms. The Morgan fingerprint density at radius 2 is 2.00 bits per heavy atom. The van der Waals surface area contributed by atoms with E-state index in [2.05, 4.69) is 58.2 Å². The van der Waals surface area contributed by atoms with Gasteiger partial charge in [-0.05, 0) is 26.2 Å². The number of guanidine groups is 1. The van der Waals surface area contributed by atoms with E-state index in [4.69, 9.17) is 14.1 Å². The molecule has 0 spiro atoms. The smallest absolute Gasteiger partial charge is 0.216 e. The number of aliphatic imine (C=N–C) groups is 1. The number of nitrogens with one attached hydrogen (secondary N) is 1. The maximum atomic E-state index is 5.94. The highest BCUT2D eigenvalue weighted by molar-refractivity contribution is 5.80. The van der Waals surface area contributed by atoms with Crippen molar-refractivity contribution in [2.45, 2.75) is 26.8 Å². The normalized spacial score (nSPS) is 20.7. The lowest BCUT2D eigenvalue weighted by Gasteiger charge is -2.29. The fourth-order valence-electron chi connectivity index (χ4n) is 4.13. The number of morpholine rings is 1. The summed E-state index contributed by atoms with van der Waals surface area (Å²) < 4.78 is 11.4. The van der Waals surface area contributed by atoms with E-state index in [1.165, 1.54) is 12.0 Å². The van der Waals surface area contributed by atoms with Crippen LogP contribution in [0.2, 0.25) is 0 Å². The summed E-state index contributed by atoms with van der Waals surface area (Å²) >= 11 is 0. The third kappa shape index (κ3) is 5.40. The Bertz CT molecular complexity index is 826. The quantitative estimate of drug-likeness (QED) is 0.582. The largest absolute Gasteiger partial charge is 0.439 e. The number of ether oxygens (including phenoxy) is 1. The van der Waals surface area contributed by atoms with E-state index in [9.17, 15) is 0 Å². The topological polar surface area (TPSA) is 66.1 Å². The first-order valence-corrected chi connectivity index (χ1v) is 11.1. The fourth-order valence-corrected chi connectivity index (χ4v) is 4.13. The highest BCUT2D eigenvalue weighted by Gasteiger charge is 2.27. The number of hydrogen-bond acceptors (Lipinski definition) is 5. The van der Waals surface area contributed by atoms with Gasteiger partial charge in [-0.2, -0.15) is 0 Å². The zero-order valence-electron chi connectivity index (χ0n) is 18.1. The lowest BCUT2D eigenvalue weighted by atomic mass is 10.1. The Labute approximate surface area is 179 Å². The van der Waals surface area contributed by atoms with Crippen LogP contribution >= 0.6 is 0 Å². The first-order chi connectivity index (χ1) is 14.7. The molecule has 1 N–H and O–H groups in total. The number of likely N-dealkylation sites (tertiary alicyclic amines) is 1. The van der Waals surface area contributed by atoms with E-state index >= 15 is 0 Å². The van der Waals surface area contributed by atoms with Gasteiger partial charge in [0, 0.05) is 44.8 Å². The van der Waals surface area contributed by atoms with Crippen molar-refractivity contribution in [2.24, 2.45) is 10.9 Å². The summed E-state index contributed by atoms with van der Waals surface area (Å²) in [5, 5.41) is 3.44. The van der Waals surface area contributed by atoms with Crippen molar-refractivity contribution in [3.63, 3.8) is 0 Å². The summed E-state index contributed by atoms with van der Waals surface area (Å²) in [5.41, 5.74) is 2.27. The first kappa shape index (κ1) is 20.9. The van der Waals surface area contributed by atoms with Gasteiger partial charge in [-0.3, -0.25) is 4.90 Å². The molecule has 1 aromatic heterocycles. The lowest BCUT2D eigenvalue weighted by Crippen LogP contribution is -2.42. The van der Waals surface area contributed by atoms with Crippen LogP contribution in [0.15, 0.2) is 39.9 Å². The van der Waals surface area contributed by atoms with E-state index < -0.39 is 0 Å². The minimum Gasteiger partial charge on any atom is -0.439 e. The second-order valence-corrected chi connectivity index (χ2v) is 8.17. The molecule has 2 aromatic rings. The maximum Gasteiger partial charge on any atom is 0.216 e. The highest BCUT2D eigenvalue weighted by Crippen LogP contribution is 2.22. The minimum atomic E-state index is 0.443. The molecule has 7 heteroatoms. The zero-order chi connectivity index (χ0) is 20.8. The average Bonchev–Trinajstić information content (AvgIpc) is 3.42. The Morgan fingerprint density at radius 1 is 1.20 bits per heavy atom. The monoisotopic (exact) mass is 411 g/mol. The van der Waals surface area contributed by atoms with Crippen LogP contribution in [0.5, 0.6) is 0 Å². The van der Waals surface area contributed by atoms with Gasteiger partial charge in [0.2, 0.25) is 5.89 Å². The van der Waals surface area contributed by atoms with Crippen LogP contribution in [-0.4, -0.2) is 73.2 Å². The van der Waals surface area contributed by atoms with Gasteiger partial charge in [0.05, 0.1) is 19.4 Å². The first-order valence-electron chi connectivity index (χ1n) is 11.1. The fraction of sp³-hybridized carbons (Fsp3) is 0.565. The Hall–Kier alpha value is -2.38. The number of aromatic nitrogens is 1. The molecule has 0 amide bonds. The standard InChI is InChI=1S/C23H33N5O2/c1-3-24-23(28-9-8-19(17-28)16-27-10-12-29-13-11-27)26-15-22-25-14-21(30-22)20-6-4-18(2)5-7-20/h4-7,14,19H,3,8-13,15-17H2,1-2H3,(H,24,26). The molecule has 3 heterocycles. The highest BCUT2D eigenvalue weighted by atomic mass is 16.5. The molecule has 2 fully saturated rings. The number of hydrogen-bond donors (Lipinski definition) is 1. The molecular weight excluding hydrogens is 378 g/mol. The number of oxazole rings is 1.